The van der Waals surface area contributed by atoms with Crippen molar-refractivity contribution in [1.29, 1.82) is 0 Å². The van der Waals surface area contributed by atoms with E-state index in [0.717, 1.165) is 21.9 Å². The highest BCUT2D eigenvalue weighted by atomic mass is 16.6. The second kappa shape index (κ2) is 8.74. The number of amides is 4. The van der Waals surface area contributed by atoms with E-state index < -0.39 is 68.5 Å². The Labute approximate surface area is 237 Å². The predicted molar refractivity (Wildman–Crippen MR) is 146 cm³/mol. The number of carbonyl (C=O) groups excluding carboxylic acids is 4. The number of nitro benzene ring substituents is 2. The van der Waals surface area contributed by atoms with Gasteiger partial charge in [0.15, 0.2) is 0 Å². The molecule has 12 nitrogen and oxygen atoms in total. The largest absolute Gasteiger partial charge is 0.274 e. The van der Waals surface area contributed by atoms with Crippen molar-refractivity contribution in [2.24, 2.45) is 29.6 Å². The molecule has 2 bridgehead atoms. The molecule has 0 aromatic heterocycles. The van der Waals surface area contributed by atoms with Crippen LogP contribution in [0.25, 0.3) is 0 Å². The summed E-state index contributed by atoms with van der Waals surface area (Å²) in [6.45, 7) is 0. The van der Waals surface area contributed by atoms with Crippen molar-refractivity contribution < 1.29 is 29.0 Å². The van der Waals surface area contributed by atoms with Gasteiger partial charge in [0, 0.05) is 35.6 Å². The standard InChI is InChI=1S/C30H20N4O8/c35-26-22-21-12-13-30(16-6-2-1-3-7-16,24(22)28(37)31(26)17-8-4-10-19(14-17)33(39)40)25-23(21)27(36)32(29(25)38)18-9-5-11-20(15-18)34(41)42/h1-15,21-25H/t21?,22-,23-,24+,25+,30?/m0/s1. The Balaban J connectivity index is 1.40. The molecule has 0 unspecified atom stereocenters. The quantitative estimate of drug-likeness (QED) is 0.197. The lowest BCUT2D eigenvalue weighted by Crippen LogP contribution is -2.60. The van der Waals surface area contributed by atoms with Crippen molar-refractivity contribution in [3.63, 3.8) is 0 Å². The minimum atomic E-state index is -1.39. The fourth-order valence-corrected chi connectivity index (χ4v) is 7.48. The Hall–Kier alpha value is -5.52. The Morgan fingerprint density at radius 1 is 0.619 bits per heavy atom. The van der Waals surface area contributed by atoms with E-state index in [1.165, 1.54) is 36.4 Å². The van der Waals surface area contributed by atoms with E-state index in [9.17, 15) is 39.4 Å². The van der Waals surface area contributed by atoms with Crippen LogP contribution in [0.1, 0.15) is 5.56 Å². The number of non-ortho nitro benzene ring substituents is 2. The van der Waals surface area contributed by atoms with Crippen LogP contribution in [0, 0.1) is 49.8 Å². The molecule has 1 saturated carbocycles. The zero-order chi connectivity index (χ0) is 29.5. The Kier molecular flexibility index (Phi) is 5.29. The molecular weight excluding hydrogens is 544 g/mol. The van der Waals surface area contributed by atoms with Gasteiger partial charge in [0.2, 0.25) is 23.6 Å². The summed E-state index contributed by atoms with van der Waals surface area (Å²) < 4.78 is 0. The Morgan fingerprint density at radius 2 is 1.10 bits per heavy atom. The molecule has 8 rings (SSSR count). The third kappa shape index (κ3) is 3.17. The molecule has 2 aliphatic heterocycles. The molecule has 2 saturated heterocycles. The van der Waals surface area contributed by atoms with Crippen LogP contribution in [0.3, 0.4) is 0 Å². The van der Waals surface area contributed by atoms with Crippen LogP contribution in [-0.2, 0) is 24.6 Å². The maximum atomic E-state index is 14.3. The number of hydrogen-bond donors (Lipinski definition) is 0. The molecular formula is C30H20N4O8. The molecule has 42 heavy (non-hydrogen) atoms. The van der Waals surface area contributed by atoms with E-state index in [0.29, 0.717) is 5.56 Å². The summed E-state index contributed by atoms with van der Waals surface area (Å²) in [6.07, 6.45) is 3.47. The monoisotopic (exact) mass is 564 g/mol. The molecule has 2 heterocycles. The number of hydrogen-bond acceptors (Lipinski definition) is 8. The van der Waals surface area contributed by atoms with Crippen LogP contribution in [0.15, 0.2) is 91.0 Å². The number of benzene rings is 3. The van der Waals surface area contributed by atoms with Crippen LogP contribution in [0.2, 0.25) is 0 Å². The van der Waals surface area contributed by atoms with Crippen molar-refractivity contribution in [2.45, 2.75) is 5.41 Å². The summed E-state index contributed by atoms with van der Waals surface area (Å²) in [5.41, 5.74) is -1.34. The van der Waals surface area contributed by atoms with Gasteiger partial charge in [0.05, 0.1) is 44.9 Å². The number of rotatable bonds is 5. The Bertz CT molecular complexity index is 1680. The molecule has 0 radical (unpaired) electrons. The van der Waals surface area contributed by atoms with Crippen molar-refractivity contribution in [2.75, 3.05) is 9.80 Å². The van der Waals surface area contributed by atoms with Gasteiger partial charge in [0.25, 0.3) is 11.4 Å². The molecule has 3 fully saturated rings. The van der Waals surface area contributed by atoms with Crippen molar-refractivity contribution >= 4 is 46.4 Å². The van der Waals surface area contributed by atoms with Crippen LogP contribution in [0.5, 0.6) is 0 Å². The zero-order valence-electron chi connectivity index (χ0n) is 21.6. The number of imide groups is 2. The number of carbonyl (C=O) groups is 4. The molecule has 0 N–H and O–H groups in total. The first-order valence-corrected chi connectivity index (χ1v) is 13.2. The summed E-state index contributed by atoms with van der Waals surface area (Å²) in [5, 5.41) is 22.9. The molecule has 3 aliphatic carbocycles. The number of nitro groups is 2. The van der Waals surface area contributed by atoms with Gasteiger partial charge in [-0.25, -0.2) is 9.80 Å². The number of anilines is 2. The minimum Gasteiger partial charge on any atom is -0.274 e. The maximum Gasteiger partial charge on any atom is 0.271 e. The van der Waals surface area contributed by atoms with Crippen LogP contribution >= 0.6 is 0 Å². The number of allylic oxidation sites excluding steroid dienone is 2. The molecule has 12 heteroatoms. The van der Waals surface area contributed by atoms with E-state index in [1.807, 2.05) is 0 Å². The maximum absolute atomic E-state index is 14.3. The van der Waals surface area contributed by atoms with E-state index in [2.05, 4.69) is 0 Å². The smallest absolute Gasteiger partial charge is 0.271 e. The van der Waals surface area contributed by atoms with Gasteiger partial charge in [0.1, 0.15) is 0 Å². The fourth-order valence-electron chi connectivity index (χ4n) is 7.48. The topological polar surface area (TPSA) is 161 Å². The summed E-state index contributed by atoms with van der Waals surface area (Å²) in [4.78, 5) is 80.1. The van der Waals surface area contributed by atoms with Crippen LogP contribution < -0.4 is 9.80 Å². The zero-order valence-corrected chi connectivity index (χ0v) is 21.6. The first-order valence-electron chi connectivity index (χ1n) is 13.2. The lowest BCUT2D eigenvalue weighted by Gasteiger charge is -2.53. The molecule has 0 spiro atoms. The van der Waals surface area contributed by atoms with Crippen LogP contribution in [-0.4, -0.2) is 33.5 Å². The first-order chi connectivity index (χ1) is 20.2. The highest BCUT2D eigenvalue weighted by molar-refractivity contribution is 6.27. The number of nitrogens with zero attached hydrogens (tertiary/aromatic N) is 4. The Morgan fingerprint density at radius 3 is 1.55 bits per heavy atom. The third-order valence-corrected chi connectivity index (χ3v) is 9.03. The summed E-state index contributed by atoms with van der Waals surface area (Å²) in [7, 11) is 0. The summed E-state index contributed by atoms with van der Waals surface area (Å²) in [6, 6.07) is 19.2. The normalized spacial score (nSPS) is 29.2. The first kappa shape index (κ1) is 25.4. The van der Waals surface area contributed by atoms with E-state index in [1.54, 1.807) is 42.5 Å². The second-order valence-corrected chi connectivity index (χ2v) is 10.8. The average molecular weight is 565 g/mol. The van der Waals surface area contributed by atoms with Gasteiger partial charge in [-0.2, -0.15) is 0 Å². The van der Waals surface area contributed by atoms with Gasteiger partial charge in [-0.15, -0.1) is 0 Å². The van der Waals surface area contributed by atoms with Crippen molar-refractivity contribution in [3.05, 3.63) is 117 Å². The fraction of sp³-hybridized carbons (Fsp3) is 0.200. The minimum absolute atomic E-state index is 0.0391. The average Bonchev–Trinajstić information content (AvgIpc) is 3.44. The van der Waals surface area contributed by atoms with Crippen molar-refractivity contribution in [3.8, 4) is 0 Å². The third-order valence-electron chi connectivity index (χ3n) is 9.03. The summed E-state index contributed by atoms with van der Waals surface area (Å²) in [5.74, 6) is -7.40. The van der Waals surface area contributed by atoms with E-state index in [4.69, 9.17) is 0 Å². The predicted octanol–water partition coefficient (Wildman–Crippen LogP) is 3.55. The SMILES string of the molecule is O=C1[C@H]2C3C=CC(c4ccccc4)([C@H]2C(=O)N1c1cccc([N+](=O)[O-])c1)[C@H]1C(=O)N(c2cccc([N+](=O)[O-])c2)C(=O)[C@@H]31. The molecule has 4 atom stereocenters. The second-order valence-electron chi connectivity index (χ2n) is 10.8. The van der Waals surface area contributed by atoms with Gasteiger partial charge in [-0.1, -0.05) is 54.6 Å². The van der Waals surface area contributed by atoms with Gasteiger partial charge in [-0.3, -0.25) is 39.4 Å². The molecule has 4 amide bonds. The van der Waals surface area contributed by atoms with Gasteiger partial charge < -0.3 is 0 Å². The van der Waals surface area contributed by atoms with E-state index >= 15 is 0 Å². The highest BCUT2D eigenvalue weighted by Gasteiger charge is 2.75. The molecule has 3 aromatic rings. The molecule has 208 valence electrons. The van der Waals surface area contributed by atoms with Gasteiger partial charge in [-0.05, 0) is 17.7 Å². The lowest BCUT2D eigenvalue weighted by atomic mass is 9.45. The molecule has 3 aromatic carbocycles. The molecule has 5 aliphatic rings. The summed E-state index contributed by atoms with van der Waals surface area (Å²) >= 11 is 0. The van der Waals surface area contributed by atoms with Crippen molar-refractivity contribution in [1.82, 2.24) is 0 Å². The highest BCUT2D eigenvalue weighted by Crippen LogP contribution is 2.65. The lowest BCUT2D eigenvalue weighted by molar-refractivity contribution is -0.385. The van der Waals surface area contributed by atoms with Gasteiger partial charge >= 0.3 is 0 Å². The van der Waals surface area contributed by atoms with Crippen LogP contribution in [0.4, 0.5) is 22.7 Å². The van der Waals surface area contributed by atoms with E-state index in [-0.39, 0.29) is 22.7 Å².